The highest BCUT2D eigenvalue weighted by atomic mass is 35.5. The molecule has 1 aliphatic rings. The van der Waals surface area contributed by atoms with Crippen LogP contribution in [0.1, 0.15) is 36.3 Å². The van der Waals surface area contributed by atoms with Crippen molar-refractivity contribution in [1.29, 1.82) is 0 Å². The number of benzene rings is 2. The molecule has 0 unspecified atom stereocenters. The number of nitrogens with one attached hydrogen (secondary N) is 2. The van der Waals surface area contributed by atoms with E-state index in [1.165, 1.54) is 24.4 Å². The second-order valence-electron chi connectivity index (χ2n) is 9.62. The second-order valence-corrected chi connectivity index (χ2v) is 11.7. The lowest BCUT2D eigenvalue weighted by molar-refractivity contribution is -0.137. The zero-order chi connectivity index (χ0) is 29.1. The molecule has 2 aromatic carbocycles. The van der Waals surface area contributed by atoms with Crippen LogP contribution in [0.25, 0.3) is 0 Å². The van der Waals surface area contributed by atoms with E-state index in [4.69, 9.17) is 11.6 Å². The van der Waals surface area contributed by atoms with E-state index in [0.29, 0.717) is 31.4 Å². The van der Waals surface area contributed by atoms with Crippen LogP contribution in [0.4, 0.5) is 29.1 Å². The summed E-state index contributed by atoms with van der Waals surface area (Å²) in [4.78, 5) is 8.71. The maximum atomic E-state index is 15.1. The third kappa shape index (κ3) is 7.00. The van der Waals surface area contributed by atoms with Crippen LogP contribution in [0.3, 0.4) is 0 Å². The number of aliphatic hydroxyl groups excluding tert-OH is 1. The van der Waals surface area contributed by atoms with Crippen LogP contribution in [0.15, 0.2) is 59.9 Å². The van der Waals surface area contributed by atoms with E-state index >= 15 is 4.39 Å². The molecule has 4 rings (SSSR count). The van der Waals surface area contributed by atoms with Gasteiger partial charge in [-0.25, -0.2) is 22.8 Å². The van der Waals surface area contributed by atoms with Gasteiger partial charge in [-0.15, -0.1) is 0 Å². The number of anilines is 2. The zero-order valence-electron chi connectivity index (χ0n) is 21.4. The number of alkyl halides is 3. The Morgan fingerprint density at radius 3 is 2.62 bits per heavy atom. The SMILES string of the molecule is CN(CCO)[C@H]1C[C@@H](c2cccc(C(F)(F)F)c2)CC[C@@H]1Nc1cc(F)c(S(=O)(=O)Nc2ccncn2)cc1Cl. The minimum atomic E-state index is -4.45. The van der Waals surface area contributed by atoms with Gasteiger partial charge in [-0.2, -0.15) is 13.2 Å². The lowest BCUT2D eigenvalue weighted by atomic mass is 9.77. The Morgan fingerprint density at radius 2 is 1.95 bits per heavy atom. The summed E-state index contributed by atoms with van der Waals surface area (Å²) >= 11 is 6.40. The summed E-state index contributed by atoms with van der Waals surface area (Å²) in [5, 5.41) is 12.7. The van der Waals surface area contributed by atoms with Gasteiger partial charge in [0.2, 0.25) is 0 Å². The van der Waals surface area contributed by atoms with Gasteiger partial charge in [-0.1, -0.05) is 29.8 Å². The molecular formula is C26H28ClF4N5O3S. The van der Waals surface area contributed by atoms with Crippen LogP contribution in [0.5, 0.6) is 0 Å². The molecule has 0 amide bonds. The molecule has 14 heteroatoms. The molecule has 1 aliphatic carbocycles. The molecule has 0 saturated heterocycles. The molecule has 3 atom stereocenters. The molecule has 1 aromatic heterocycles. The minimum absolute atomic E-state index is 0.0342. The van der Waals surface area contributed by atoms with E-state index in [1.807, 2.05) is 4.90 Å². The van der Waals surface area contributed by atoms with E-state index < -0.39 is 32.5 Å². The highest BCUT2D eigenvalue weighted by Gasteiger charge is 2.36. The van der Waals surface area contributed by atoms with Crippen LogP contribution >= 0.6 is 11.6 Å². The molecule has 3 N–H and O–H groups in total. The predicted octanol–water partition coefficient (Wildman–Crippen LogP) is 5.13. The van der Waals surface area contributed by atoms with Crippen molar-refractivity contribution in [1.82, 2.24) is 14.9 Å². The summed E-state index contributed by atoms with van der Waals surface area (Å²) in [6.07, 6.45) is -0.447. The smallest absolute Gasteiger partial charge is 0.395 e. The Hall–Kier alpha value is -3.00. The van der Waals surface area contributed by atoms with Gasteiger partial charge in [0.15, 0.2) is 0 Å². The second kappa shape index (κ2) is 12.2. The largest absolute Gasteiger partial charge is 0.416 e. The lowest BCUT2D eigenvalue weighted by Crippen LogP contribution is -2.49. The van der Waals surface area contributed by atoms with Gasteiger partial charge in [0.05, 0.1) is 22.9 Å². The molecule has 0 aliphatic heterocycles. The normalized spacial score (nSPS) is 19.9. The van der Waals surface area contributed by atoms with Gasteiger partial charge < -0.3 is 10.4 Å². The van der Waals surface area contributed by atoms with Crippen molar-refractivity contribution in [3.63, 3.8) is 0 Å². The van der Waals surface area contributed by atoms with E-state index in [1.54, 1.807) is 13.1 Å². The number of nitrogens with zero attached hydrogens (tertiary/aromatic N) is 3. The molecule has 216 valence electrons. The highest BCUT2D eigenvalue weighted by molar-refractivity contribution is 7.92. The van der Waals surface area contributed by atoms with Crippen molar-refractivity contribution in [2.45, 2.75) is 48.3 Å². The first-order valence-corrected chi connectivity index (χ1v) is 14.3. The number of aromatic nitrogens is 2. The Morgan fingerprint density at radius 1 is 1.18 bits per heavy atom. The number of hydrogen-bond donors (Lipinski definition) is 3. The first-order valence-electron chi connectivity index (χ1n) is 12.4. The Kier molecular flexibility index (Phi) is 9.18. The first kappa shape index (κ1) is 30.0. The van der Waals surface area contributed by atoms with E-state index in [9.17, 15) is 26.7 Å². The van der Waals surface area contributed by atoms with Crippen molar-refractivity contribution in [2.24, 2.45) is 0 Å². The number of rotatable bonds is 9. The number of aliphatic hydroxyl groups is 1. The summed E-state index contributed by atoms with van der Waals surface area (Å²) in [6.45, 7) is 0.182. The van der Waals surface area contributed by atoms with Crippen molar-refractivity contribution in [3.8, 4) is 0 Å². The van der Waals surface area contributed by atoms with Gasteiger partial charge in [-0.05, 0) is 62.1 Å². The van der Waals surface area contributed by atoms with Crippen LogP contribution in [-0.2, 0) is 16.2 Å². The number of halogens is 5. The fourth-order valence-corrected chi connectivity index (χ4v) is 6.36. The maximum Gasteiger partial charge on any atom is 0.416 e. The standard InChI is InChI=1S/C26H28ClF4N5O3S/c1-36(9-10-37)23-12-17(16-3-2-4-18(11-16)26(29,30)31)5-6-21(23)34-22-14-20(28)24(13-19(22)27)40(38,39)35-25-7-8-32-15-33-25/h2-4,7-8,11,13-15,17,21,23,34,37H,5-6,9-10,12H2,1H3,(H,32,33,35)/t17-,21-,23-/m0/s1. The predicted molar refractivity (Wildman–Crippen MR) is 143 cm³/mol. The van der Waals surface area contributed by atoms with E-state index in [0.717, 1.165) is 24.5 Å². The Bertz CT molecular complexity index is 1430. The van der Waals surface area contributed by atoms with Crippen molar-refractivity contribution in [2.75, 3.05) is 30.2 Å². The zero-order valence-corrected chi connectivity index (χ0v) is 22.9. The van der Waals surface area contributed by atoms with Gasteiger partial charge in [0, 0.05) is 24.8 Å². The molecular weight excluding hydrogens is 574 g/mol. The fraction of sp³-hybridized carbons (Fsp3) is 0.385. The average Bonchev–Trinajstić information content (AvgIpc) is 2.90. The van der Waals surface area contributed by atoms with Crippen LogP contribution < -0.4 is 10.0 Å². The summed E-state index contributed by atoms with van der Waals surface area (Å²) in [6, 6.07) is 8.04. The third-order valence-electron chi connectivity index (χ3n) is 6.99. The Balaban J connectivity index is 1.56. The molecule has 0 bridgehead atoms. The van der Waals surface area contributed by atoms with E-state index in [2.05, 4.69) is 20.0 Å². The van der Waals surface area contributed by atoms with Gasteiger partial charge >= 0.3 is 6.18 Å². The molecule has 1 fully saturated rings. The number of sulfonamides is 1. The molecule has 8 nitrogen and oxygen atoms in total. The van der Waals surface area contributed by atoms with Gasteiger partial charge in [0.25, 0.3) is 10.0 Å². The average molecular weight is 602 g/mol. The first-order chi connectivity index (χ1) is 18.9. The molecule has 40 heavy (non-hydrogen) atoms. The quantitative estimate of drug-likeness (QED) is 0.292. The van der Waals surface area contributed by atoms with E-state index in [-0.39, 0.29) is 41.1 Å². The van der Waals surface area contributed by atoms with Crippen LogP contribution in [0, 0.1) is 5.82 Å². The van der Waals surface area contributed by atoms with Crippen molar-refractivity contribution in [3.05, 3.63) is 77.0 Å². The topological polar surface area (TPSA) is 107 Å². The third-order valence-corrected chi connectivity index (χ3v) is 8.68. The monoisotopic (exact) mass is 601 g/mol. The number of likely N-dealkylation sites (N-methyl/N-ethyl adjacent to an activating group) is 1. The minimum Gasteiger partial charge on any atom is -0.395 e. The van der Waals surface area contributed by atoms with Crippen molar-refractivity contribution < 1.29 is 31.1 Å². The molecule has 0 radical (unpaired) electrons. The summed E-state index contributed by atoms with van der Waals surface area (Å²) in [7, 11) is -2.55. The molecule has 1 saturated carbocycles. The summed E-state index contributed by atoms with van der Waals surface area (Å²) in [5.74, 6) is -1.24. The molecule has 1 heterocycles. The fourth-order valence-electron chi connectivity index (χ4n) is 4.99. The van der Waals surface area contributed by atoms with Gasteiger partial charge in [-0.3, -0.25) is 9.62 Å². The Labute approximate surface area is 234 Å². The highest BCUT2D eigenvalue weighted by Crippen LogP contribution is 2.39. The maximum absolute atomic E-state index is 15.1. The van der Waals surface area contributed by atoms with Crippen molar-refractivity contribution >= 4 is 33.1 Å². The van der Waals surface area contributed by atoms with Crippen LogP contribution in [-0.4, -0.2) is 60.7 Å². The summed E-state index contributed by atoms with van der Waals surface area (Å²) < 4.78 is 82.6. The molecule has 3 aromatic rings. The number of hydrogen-bond acceptors (Lipinski definition) is 7. The van der Waals surface area contributed by atoms with Gasteiger partial charge in [0.1, 0.15) is 22.9 Å². The van der Waals surface area contributed by atoms with Crippen LogP contribution in [0.2, 0.25) is 5.02 Å². The lowest BCUT2D eigenvalue weighted by Gasteiger charge is -2.42. The molecule has 0 spiro atoms. The summed E-state index contributed by atoms with van der Waals surface area (Å²) in [5.41, 5.74) is 0.0348.